The second-order valence-corrected chi connectivity index (χ2v) is 6.40. The van der Waals surface area contributed by atoms with E-state index in [0.29, 0.717) is 5.69 Å². The molecule has 3 rings (SSSR count). The largest absolute Gasteiger partial charge is 0.322 e. The van der Waals surface area contributed by atoms with Crippen LogP contribution in [0.5, 0.6) is 0 Å². The molecule has 0 spiro atoms. The van der Waals surface area contributed by atoms with E-state index in [0.717, 1.165) is 24.8 Å². The predicted octanol–water partition coefficient (Wildman–Crippen LogP) is 3.59. The Morgan fingerprint density at radius 1 is 1.36 bits per heavy atom. The Bertz CT molecular complexity index is 902. The number of unbranched alkanes of at least 4 members (excludes halogenated alkanes) is 1. The molecule has 0 radical (unpaired) electrons. The van der Waals surface area contributed by atoms with Crippen molar-refractivity contribution in [2.75, 3.05) is 12.4 Å². The first-order valence-electron chi connectivity index (χ1n) is 9.06. The number of rotatable bonds is 7. The van der Waals surface area contributed by atoms with Crippen LogP contribution in [0.4, 0.5) is 14.9 Å². The van der Waals surface area contributed by atoms with Crippen molar-refractivity contribution in [3.05, 3.63) is 60.4 Å². The van der Waals surface area contributed by atoms with Gasteiger partial charge in [-0.15, -0.1) is 5.10 Å². The van der Waals surface area contributed by atoms with Crippen LogP contribution in [0, 0.1) is 5.82 Å². The van der Waals surface area contributed by atoms with Gasteiger partial charge in [-0.1, -0.05) is 25.8 Å². The van der Waals surface area contributed by atoms with E-state index in [2.05, 4.69) is 32.7 Å². The van der Waals surface area contributed by atoms with E-state index in [4.69, 9.17) is 0 Å². The molecule has 146 valence electrons. The highest BCUT2D eigenvalue weighted by Gasteiger charge is 2.22. The van der Waals surface area contributed by atoms with Gasteiger partial charge in [-0.25, -0.2) is 13.9 Å². The number of pyridine rings is 1. The van der Waals surface area contributed by atoms with Crippen LogP contribution < -0.4 is 5.32 Å². The number of nitrogens with zero attached hydrogens (tertiary/aromatic N) is 6. The number of amides is 2. The van der Waals surface area contributed by atoms with Crippen LogP contribution in [-0.4, -0.2) is 43.2 Å². The summed E-state index contributed by atoms with van der Waals surface area (Å²) in [4.78, 5) is 18.6. The number of tetrazole rings is 1. The van der Waals surface area contributed by atoms with Gasteiger partial charge in [0.2, 0.25) is 0 Å². The van der Waals surface area contributed by atoms with Crippen LogP contribution >= 0.6 is 0 Å². The zero-order chi connectivity index (χ0) is 19.9. The number of nitrogens with one attached hydrogen (secondary N) is 1. The molecule has 1 atom stereocenters. The van der Waals surface area contributed by atoms with Crippen LogP contribution in [0.15, 0.2) is 49.1 Å². The number of hydrogen-bond donors (Lipinski definition) is 1. The van der Waals surface area contributed by atoms with Crippen molar-refractivity contribution in [1.29, 1.82) is 0 Å². The lowest BCUT2D eigenvalue weighted by Crippen LogP contribution is -2.35. The summed E-state index contributed by atoms with van der Waals surface area (Å²) < 4.78 is 15.6. The third-order valence-electron chi connectivity index (χ3n) is 4.49. The molecule has 0 saturated heterocycles. The van der Waals surface area contributed by atoms with Crippen molar-refractivity contribution < 1.29 is 9.18 Å². The van der Waals surface area contributed by atoms with Gasteiger partial charge in [0.05, 0.1) is 17.4 Å². The molecule has 9 heteroatoms. The maximum atomic E-state index is 14.3. The fourth-order valence-electron chi connectivity index (χ4n) is 2.93. The molecule has 0 aliphatic carbocycles. The van der Waals surface area contributed by atoms with Crippen LogP contribution in [0.1, 0.15) is 37.8 Å². The van der Waals surface area contributed by atoms with E-state index in [1.54, 1.807) is 24.3 Å². The summed E-state index contributed by atoms with van der Waals surface area (Å²) in [5.74, 6) is -0.537. The SMILES string of the molecule is CCCCC(c1cccnc1)N(C)C(=O)Nc1cc(-n2cnnn2)ccc1F. The number of anilines is 1. The number of aromatic nitrogens is 5. The molecule has 0 aliphatic rings. The first kappa shape index (κ1) is 19.4. The average molecular weight is 383 g/mol. The van der Waals surface area contributed by atoms with Gasteiger partial charge in [0.15, 0.2) is 0 Å². The van der Waals surface area contributed by atoms with Gasteiger partial charge < -0.3 is 10.2 Å². The topological polar surface area (TPSA) is 88.8 Å². The number of hydrogen-bond acceptors (Lipinski definition) is 5. The lowest BCUT2D eigenvalue weighted by molar-refractivity contribution is 0.199. The van der Waals surface area contributed by atoms with Gasteiger partial charge >= 0.3 is 6.03 Å². The normalized spacial score (nSPS) is 11.8. The van der Waals surface area contributed by atoms with E-state index < -0.39 is 11.8 Å². The molecule has 1 aromatic carbocycles. The lowest BCUT2D eigenvalue weighted by Gasteiger charge is -2.28. The highest BCUT2D eigenvalue weighted by molar-refractivity contribution is 5.90. The van der Waals surface area contributed by atoms with Crippen LogP contribution in [-0.2, 0) is 0 Å². The molecule has 2 amide bonds. The van der Waals surface area contributed by atoms with Gasteiger partial charge in [-0.3, -0.25) is 4.98 Å². The minimum Gasteiger partial charge on any atom is -0.320 e. The summed E-state index contributed by atoms with van der Waals surface area (Å²) in [6.45, 7) is 2.10. The Kier molecular flexibility index (Phi) is 6.25. The van der Waals surface area contributed by atoms with Crippen molar-refractivity contribution in [1.82, 2.24) is 30.1 Å². The molecule has 1 N–H and O–H groups in total. The first-order chi connectivity index (χ1) is 13.6. The second kappa shape index (κ2) is 9.03. The first-order valence-corrected chi connectivity index (χ1v) is 9.06. The minimum absolute atomic E-state index is 0.0604. The smallest absolute Gasteiger partial charge is 0.320 e. The second-order valence-electron chi connectivity index (χ2n) is 6.40. The summed E-state index contributed by atoms with van der Waals surface area (Å²) in [5, 5.41) is 13.5. The van der Waals surface area contributed by atoms with Gasteiger partial charge in [-0.2, -0.15) is 0 Å². The van der Waals surface area contributed by atoms with Gasteiger partial charge in [0.1, 0.15) is 12.1 Å². The summed E-state index contributed by atoms with van der Waals surface area (Å²) in [7, 11) is 1.70. The molecule has 0 saturated carbocycles. The minimum atomic E-state index is -0.537. The number of carbonyl (C=O) groups excluding carboxylic acids is 1. The fraction of sp³-hybridized carbons (Fsp3) is 0.316. The van der Waals surface area contributed by atoms with Crippen LogP contribution in [0.2, 0.25) is 0 Å². The Hall–Kier alpha value is -3.36. The van der Waals surface area contributed by atoms with Crippen molar-refractivity contribution in [2.24, 2.45) is 0 Å². The van der Waals surface area contributed by atoms with Crippen LogP contribution in [0.3, 0.4) is 0 Å². The van der Waals surface area contributed by atoms with Crippen molar-refractivity contribution in [3.8, 4) is 5.69 Å². The zero-order valence-electron chi connectivity index (χ0n) is 15.8. The van der Waals surface area contributed by atoms with E-state index in [1.807, 2.05) is 12.1 Å². The van der Waals surface area contributed by atoms with Gasteiger partial charge in [0.25, 0.3) is 0 Å². The lowest BCUT2D eigenvalue weighted by atomic mass is 10.0. The third-order valence-corrected chi connectivity index (χ3v) is 4.49. The maximum absolute atomic E-state index is 14.3. The van der Waals surface area contributed by atoms with E-state index >= 15 is 0 Å². The summed E-state index contributed by atoms with van der Waals surface area (Å²) in [6.07, 6.45) is 7.60. The molecule has 1 unspecified atom stereocenters. The Balaban J connectivity index is 1.79. The molecule has 0 fully saturated rings. The summed E-state index contributed by atoms with van der Waals surface area (Å²) in [5.41, 5.74) is 1.54. The monoisotopic (exact) mass is 383 g/mol. The van der Waals surface area contributed by atoms with E-state index in [-0.39, 0.29) is 11.7 Å². The quantitative estimate of drug-likeness (QED) is 0.673. The Morgan fingerprint density at radius 2 is 2.21 bits per heavy atom. The molecular formula is C19H22FN7O. The number of halogens is 1. The zero-order valence-corrected chi connectivity index (χ0v) is 15.8. The molecule has 2 aromatic heterocycles. The standard InChI is InChI=1S/C19H22FN7O/c1-3-4-7-18(14-6-5-10-21-12-14)26(2)19(28)23-17-11-15(8-9-16(17)20)27-13-22-24-25-27/h5-6,8-13,18H,3-4,7H2,1-2H3,(H,23,28). The van der Waals surface area contributed by atoms with Gasteiger partial charge in [-0.05, 0) is 46.7 Å². The van der Waals surface area contributed by atoms with E-state index in [1.165, 1.54) is 29.2 Å². The van der Waals surface area contributed by atoms with Crippen LogP contribution in [0.25, 0.3) is 5.69 Å². The highest BCUT2D eigenvalue weighted by atomic mass is 19.1. The molecule has 28 heavy (non-hydrogen) atoms. The molecule has 2 heterocycles. The molecule has 3 aromatic rings. The van der Waals surface area contributed by atoms with E-state index in [9.17, 15) is 9.18 Å². The third kappa shape index (κ3) is 4.48. The van der Waals surface area contributed by atoms with Crippen molar-refractivity contribution in [3.63, 3.8) is 0 Å². The maximum Gasteiger partial charge on any atom is 0.322 e. The Morgan fingerprint density at radius 3 is 2.89 bits per heavy atom. The predicted molar refractivity (Wildman–Crippen MR) is 102 cm³/mol. The average Bonchev–Trinajstić information content (AvgIpc) is 3.25. The number of carbonyl (C=O) groups is 1. The molecule has 0 bridgehead atoms. The van der Waals surface area contributed by atoms with Crippen molar-refractivity contribution >= 4 is 11.7 Å². The summed E-state index contributed by atoms with van der Waals surface area (Å²) in [6, 6.07) is 7.51. The van der Waals surface area contributed by atoms with Crippen molar-refractivity contribution in [2.45, 2.75) is 32.2 Å². The molecule has 8 nitrogen and oxygen atoms in total. The fourth-order valence-corrected chi connectivity index (χ4v) is 2.93. The Labute approximate surface area is 162 Å². The number of benzene rings is 1. The highest BCUT2D eigenvalue weighted by Crippen LogP contribution is 2.26. The molecule has 0 aliphatic heterocycles. The number of urea groups is 1. The molecular weight excluding hydrogens is 361 g/mol. The van der Waals surface area contributed by atoms with Gasteiger partial charge in [0, 0.05) is 19.4 Å². The summed E-state index contributed by atoms with van der Waals surface area (Å²) >= 11 is 0.